The summed E-state index contributed by atoms with van der Waals surface area (Å²) in [5, 5.41) is 21.6. The van der Waals surface area contributed by atoms with Gasteiger partial charge < -0.3 is 0 Å². The van der Waals surface area contributed by atoms with Crippen LogP contribution in [0.5, 0.6) is 0 Å². The number of hydrogen-bond acceptors (Lipinski definition) is 6. The predicted molar refractivity (Wildman–Crippen MR) is 76.4 cm³/mol. The number of nitro groups is 2. The molecule has 0 saturated carbocycles. The molecule has 0 N–H and O–H groups in total. The Kier molecular flexibility index (Phi) is 3.91. The first kappa shape index (κ1) is 15.6. The van der Waals surface area contributed by atoms with Gasteiger partial charge in [-0.2, -0.15) is 0 Å². The molecule has 0 aromatic heterocycles. The third-order valence-corrected chi connectivity index (χ3v) is 4.78. The van der Waals surface area contributed by atoms with Crippen LogP contribution < -0.4 is 0 Å². The lowest BCUT2D eigenvalue weighted by atomic mass is 10.2. The second kappa shape index (κ2) is 5.53. The van der Waals surface area contributed by atoms with E-state index in [9.17, 15) is 28.6 Å². The molecule has 0 aliphatic rings. The van der Waals surface area contributed by atoms with Gasteiger partial charge in [0.05, 0.1) is 19.6 Å². The van der Waals surface area contributed by atoms with Gasteiger partial charge in [0.2, 0.25) is 9.84 Å². The summed E-state index contributed by atoms with van der Waals surface area (Å²) < 4.78 is 24.9. The lowest BCUT2D eigenvalue weighted by Gasteiger charge is -2.05. The SMILES string of the molecule is Cc1ccc(S(=O)(=O)c2cccc([N+](=O)[O-])c2)cc1[N+](=O)[O-]. The quantitative estimate of drug-likeness (QED) is 0.630. The maximum Gasteiger partial charge on any atom is 0.273 e. The van der Waals surface area contributed by atoms with Crippen molar-refractivity contribution in [3.8, 4) is 0 Å². The second-order valence-electron chi connectivity index (χ2n) is 4.46. The summed E-state index contributed by atoms with van der Waals surface area (Å²) in [4.78, 5) is 19.7. The first-order valence-corrected chi connectivity index (χ1v) is 7.46. The van der Waals surface area contributed by atoms with Crippen molar-refractivity contribution >= 4 is 21.2 Å². The molecule has 0 saturated heterocycles. The van der Waals surface area contributed by atoms with Crippen LogP contribution in [0.3, 0.4) is 0 Å². The lowest BCUT2D eigenvalue weighted by molar-refractivity contribution is -0.385. The van der Waals surface area contributed by atoms with Crippen molar-refractivity contribution in [3.05, 3.63) is 68.3 Å². The summed E-state index contributed by atoms with van der Waals surface area (Å²) in [5.74, 6) is 0. The zero-order valence-electron chi connectivity index (χ0n) is 11.3. The normalized spacial score (nSPS) is 11.1. The Labute approximate surface area is 125 Å². The van der Waals surface area contributed by atoms with E-state index in [0.29, 0.717) is 5.56 Å². The van der Waals surface area contributed by atoms with Gasteiger partial charge in [-0.1, -0.05) is 12.1 Å². The largest absolute Gasteiger partial charge is 0.273 e. The molecule has 0 aliphatic carbocycles. The minimum atomic E-state index is -4.08. The van der Waals surface area contributed by atoms with Gasteiger partial charge in [-0.15, -0.1) is 0 Å². The lowest BCUT2D eigenvalue weighted by Crippen LogP contribution is -2.04. The van der Waals surface area contributed by atoms with Gasteiger partial charge in [0.25, 0.3) is 11.4 Å². The molecule has 2 aromatic rings. The summed E-state index contributed by atoms with van der Waals surface area (Å²) >= 11 is 0. The molecule has 0 radical (unpaired) electrons. The molecule has 0 amide bonds. The smallest absolute Gasteiger partial charge is 0.258 e. The van der Waals surface area contributed by atoms with Crippen molar-refractivity contribution < 1.29 is 18.3 Å². The van der Waals surface area contributed by atoms with E-state index in [1.165, 1.54) is 31.2 Å². The Hall–Kier alpha value is -2.81. The number of aryl methyl sites for hydroxylation is 1. The fraction of sp³-hybridized carbons (Fsp3) is 0.0769. The summed E-state index contributed by atoms with van der Waals surface area (Å²) in [5.41, 5.74) is -0.378. The molecule has 0 bridgehead atoms. The van der Waals surface area contributed by atoms with E-state index in [1.54, 1.807) is 0 Å². The van der Waals surface area contributed by atoms with Crippen LogP contribution in [0.25, 0.3) is 0 Å². The van der Waals surface area contributed by atoms with E-state index in [4.69, 9.17) is 0 Å². The number of sulfone groups is 1. The minimum Gasteiger partial charge on any atom is -0.258 e. The minimum absolute atomic E-state index is 0.287. The number of non-ortho nitro benzene ring substituents is 1. The molecule has 9 heteroatoms. The molecule has 22 heavy (non-hydrogen) atoms. The highest BCUT2D eigenvalue weighted by Gasteiger charge is 2.23. The summed E-state index contributed by atoms with van der Waals surface area (Å²) in [7, 11) is -4.08. The molecule has 0 heterocycles. The molecule has 2 aromatic carbocycles. The van der Waals surface area contributed by atoms with E-state index in [0.717, 1.165) is 18.2 Å². The van der Waals surface area contributed by atoms with Gasteiger partial charge >= 0.3 is 0 Å². The molecule has 8 nitrogen and oxygen atoms in total. The van der Waals surface area contributed by atoms with Gasteiger partial charge in [0, 0.05) is 23.8 Å². The standard InChI is InChI=1S/C13H10N2O6S/c1-9-5-6-12(8-13(9)15(18)19)22(20,21)11-4-2-3-10(7-11)14(16)17/h2-8H,1H3. The van der Waals surface area contributed by atoms with E-state index in [1.807, 2.05) is 0 Å². The van der Waals surface area contributed by atoms with Crippen molar-refractivity contribution in [2.45, 2.75) is 16.7 Å². The van der Waals surface area contributed by atoms with Crippen molar-refractivity contribution in [2.24, 2.45) is 0 Å². The van der Waals surface area contributed by atoms with Crippen molar-refractivity contribution in [3.63, 3.8) is 0 Å². The zero-order chi connectivity index (χ0) is 16.5. The Bertz CT molecular complexity index is 876. The Morgan fingerprint density at radius 1 is 0.909 bits per heavy atom. The Morgan fingerprint density at radius 2 is 1.55 bits per heavy atom. The van der Waals surface area contributed by atoms with Crippen molar-refractivity contribution in [2.75, 3.05) is 0 Å². The van der Waals surface area contributed by atoms with Crippen LogP contribution in [-0.4, -0.2) is 18.3 Å². The fourth-order valence-electron chi connectivity index (χ4n) is 1.85. The van der Waals surface area contributed by atoms with Crippen LogP contribution in [-0.2, 0) is 9.84 Å². The highest BCUT2D eigenvalue weighted by atomic mass is 32.2. The molecule has 2 rings (SSSR count). The number of hydrogen-bond donors (Lipinski definition) is 0. The highest BCUT2D eigenvalue weighted by Crippen LogP contribution is 2.28. The molecular formula is C13H10N2O6S. The zero-order valence-corrected chi connectivity index (χ0v) is 12.1. The van der Waals surface area contributed by atoms with E-state index in [-0.39, 0.29) is 21.2 Å². The van der Waals surface area contributed by atoms with Gasteiger partial charge in [0.1, 0.15) is 0 Å². The molecule has 114 valence electrons. The number of nitrogens with zero attached hydrogens (tertiary/aromatic N) is 2. The van der Waals surface area contributed by atoms with Crippen LogP contribution >= 0.6 is 0 Å². The topological polar surface area (TPSA) is 120 Å². The monoisotopic (exact) mass is 322 g/mol. The molecule has 0 fully saturated rings. The molecule has 0 spiro atoms. The average molecular weight is 322 g/mol. The van der Waals surface area contributed by atoms with Crippen LogP contribution in [0, 0.1) is 27.2 Å². The second-order valence-corrected chi connectivity index (χ2v) is 6.41. The number of nitro benzene ring substituents is 2. The van der Waals surface area contributed by atoms with E-state index >= 15 is 0 Å². The van der Waals surface area contributed by atoms with Crippen molar-refractivity contribution in [1.29, 1.82) is 0 Å². The summed E-state index contributed by atoms with van der Waals surface area (Å²) in [6, 6.07) is 8.03. The molecular weight excluding hydrogens is 312 g/mol. The Morgan fingerprint density at radius 3 is 2.14 bits per heavy atom. The van der Waals surface area contributed by atoms with Crippen LogP contribution in [0.1, 0.15) is 5.56 Å². The predicted octanol–water partition coefficient (Wildman–Crippen LogP) is 2.64. The van der Waals surface area contributed by atoms with Crippen LogP contribution in [0.15, 0.2) is 52.3 Å². The third kappa shape index (κ3) is 2.79. The summed E-state index contributed by atoms with van der Waals surface area (Å²) in [6.07, 6.45) is 0. The van der Waals surface area contributed by atoms with E-state index in [2.05, 4.69) is 0 Å². The summed E-state index contributed by atoms with van der Waals surface area (Å²) in [6.45, 7) is 1.49. The van der Waals surface area contributed by atoms with Gasteiger partial charge in [0.15, 0.2) is 0 Å². The maximum atomic E-state index is 12.4. The van der Waals surface area contributed by atoms with Crippen LogP contribution in [0.2, 0.25) is 0 Å². The molecule has 0 unspecified atom stereocenters. The first-order chi connectivity index (χ1) is 10.2. The van der Waals surface area contributed by atoms with E-state index < -0.39 is 19.7 Å². The van der Waals surface area contributed by atoms with Gasteiger partial charge in [-0.25, -0.2) is 8.42 Å². The Balaban J connectivity index is 2.60. The van der Waals surface area contributed by atoms with Crippen LogP contribution in [0.4, 0.5) is 11.4 Å². The van der Waals surface area contributed by atoms with Crippen molar-refractivity contribution in [1.82, 2.24) is 0 Å². The molecule has 0 atom stereocenters. The average Bonchev–Trinajstić information content (AvgIpc) is 2.47. The highest BCUT2D eigenvalue weighted by molar-refractivity contribution is 7.91. The molecule has 0 aliphatic heterocycles. The number of benzene rings is 2. The third-order valence-electron chi connectivity index (χ3n) is 3.03. The first-order valence-electron chi connectivity index (χ1n) is 5.98. The number of rotatable bonds is 4. The fourth-order valence-corrected chi connectivity index (χ4v) is 3.17. The van der Waals surface area contributed by atoms with Gasteiger partial charge in [-0.3, -0.25) is 20.2 Å². The van der Waals surface area contributed by atoms with Gasteiger partial charge in [-0.05, 0) is 19.1 Å². The maximum absolute atomic E-state index is 12.4.